The first-order valence-electron chi connectivity index (χ1n) is 5.80. The third kappa shape index (κ3) is 3.50. The summed E-state index contributed by atoms with van der Waals surface area (Å²) < 4.78 is 60.6. The minimum Gasteiger partial charge on any atom is -0.373 e. The van der Waals surface area contributed by atoms with Crippen LogP contribution in [0.2, 0.25) is 0 Å². The highest BCUT2D eigenvalue weighted by Gasteiger charge is 2.36. The Bertz CT molecular complexity index is 603. The average molecular weight is 310 g/mol. The van der Waals surface area contributed by atoms with E-state index in [1.807, 2.05) is 0 Å². The Hall–Kier alpha value is -1.58. The standard InChI is InChI=1S/C10H13F3N4O2S/c1-14-7-4-8(17-9(16-7)10(11,12)13)15-6-2-3-20(18,19)5-6/h4,6H,2-3,5H2,1H3,(H2,14,15,16,17). The molecule has 1 aliphatic heterocycles. The summed E-state index contributed by atoms with van der Waals surface area (Å²) in [7, 11) is -1.68. The predicted octanol–water partition coefficient (Wildman–Crippen LogP) is 1.14. The van der Waals surface area contributed by atoms with Gasteiger partial charge in [0.05, 0.1) is 11.5 Å². The smallest absolute Gasteiger partial charge is 0.373 e. The molecule has 0 aromatic carbocycles. The molecule has 1 unspecified atom stereocenters. The van der Waals surface area contributed by atoms with Gasteiger partial charge in [0.1, 0.15) is 11.6 Å². The van der Waals surface area contributed by atoms with Crippen molar-refractivity contribution >= 4 is 21.5 Å². The number of nitrogens with zero attached hydrogens (tertiary/aromatic N) is 2. The molecule has 10 heteroatoms. The SMILES string of the molecule is CNc1cc(NC2CCS(=O)(=O)C2)nc(C(F)(F)F)n1. The van der Waals surface area contributed by atoms with E-state index in [-0.39, 0.29) is 23.1 Å². The zero-order valence-electron chi connectivity index (χ0n) is 10.5. The Kier molecular flexibility index (Phi) is 3.76. The van der Waals surface area contributed by atoms with Gasteiger partial charge < -0.3 is 10.6 Å². The van der Waals surface area contributed by atoms with E-state index in [0.717, 1.165) is 0 Å². The molecule has 2 N–H and O–H groups in total. The van der Waals surface area contributed by atoms with Crippen molar-refractivity contribution in [2.75, 3.05) is 29.2 Å². The lowest BCUT2D eigenvalue weighted by Crippen LogP contribution is -2.23. The lowest BCUT2D eigenvalue weighted by atomic mass is 10.2. The van der Waals surface area contributed by atoms with Gasteiger partial charge in [-0.25, -0.2) is 18.4 Å². The summed E-state index contributed by atoms with van der Waals surface area (Å²) in [5.41, 5.74) is 0. The molecule has 1 aliphatic rings. The van der Waals surface area contributed by atoms with Crippen molar-refractivity contribution in [3.8, 4) is 0 Å². The van der Waals surface area contributed by atoms with Gasteiger partial charge in [0.2, 0.25) is 5.82 Å². The Morgan fingerprint density at radius 3 is 2.45 bits per heavy atom. The molecule has 1 saturated heterocycles. The van der Waals surface area contributed by atoms with Crippen LogP contribution >= 0.6 is 0 Å². The summed E-state index contributed by atoms with van der Waals surface area (Å²) in [5.74, 6) is -1.38. The molecule has 112 valence electrons. The normalized spacial score (nSPS) is 21.7. The summed E-state index contributed by atoms with van der Waals surface area (Å²) in [4.78, 5) is 6.70. The first-order valence-corrected chi connectivity index (χ1v) is 7.63. The second-order valence-corrected chi connectivity index (χ2v) is 6.68. The molecule has 0 saturated carbocycles. The number of rotatable bonds is 3. The Balaban J connectivity index is 2.23. The van der Waals surface area contributed by atoms with E-state index in [0.29, 0.717) is 6.42 Å². The lowest BCUT2D eigenvalue weighted by Gasteiger charge is -2.14. The largest absolute Gasteiger partial charge is 0.451 e. The van der Waals surface area contributed by atoms with E-state index in [4.69, 9.17) is 0 Å². The molecule has 0 aliphatic carbocycles. The molecular formula is C10H13F3N4O2S. The quantitative estimate of drug-likeness (QED) is 0.871. The Morgan fingerprint density at radius 2 is 1.95 bits per heavy atom. The minimum atomic E-state index is -4.66. The number of hydrogen-bond acceptors (Lipinski definition) is 6. The van der Waals surface area contributed by atoms with Crippen molar-refractivity contribution in [3.63, 3.8) is 0 Å². The number of halogens is 3. The topological polar surface area (TPSA) is 84.0 Å². The van der Waals surface area contributed by atoms with Crippen LogP contribution in [0.1, 0.15) is 12.2 Å². The number of nitrogens with one attached hydrogen (secondary N) is 2. The maximum Gasteiger partial charge on any atom is 0.451 e. The third-order valence-corrected chi connectivity index (χ3v) is 4.59. The minimum absolute atomic E-state index is 0.00989. The molecule has 2 rings (SSSR count). The van der Waals surface area contributed by atoms with E-state index >= 15 is 0 Å². The fourth-order valence-corrected chi connectivity index (χ4v) is 3.57. The molecule has 2 heterocycles. The van der Waals surface area contributed by atoms with Gasteiger partial charge in [0, 0.05) is 19.2 Å². The van der Waals surface area contributed by atoms with Crippen molar-refractivity contribution < 1.29 is 21.6 Å². The van der Waals surface area contributed by atoms with Crippen LogP contribution in [-0.4, -0.2) is 43.0 Å². The van der Waals surface area contributed by atoms with Crippen LogP contribution in [0.25, 0.3) is 0 Å². The highest BCUT2D eigenvalue weighted by molar-refractivity contribution is 7.91. The highest BCUT2D eigenvalue weighted by Crippen LogP contribution is 2.28. The van der Waals surface area contributed by atoms with Crippen molar-refractivity contribution in [1.82, 2.24) is 9.97 Å². The number of anilines is 2. The highest BCUT2D eigenvalue weighted by atomic mass is 32.2. The van der Waals surface area contributed by atoms with Gasteiger partial charge in [-0.05, 0) is 6.42 Å². The van der Waals surface area contributed by atoms with Gasteiger partial charge in [-0.15, -0.1) is 0 Å². The summed E-state index contributed by atoms with van der Waals surface area (Å²) in [6, 6.07) is 0.876. The van der Waals surface area contributed by atoms with Gasteiger partial charge in [0.15, 0.2) is 9.84 Å². The van der Waals surface area contributed by atoms with Gasteiger partial charge in [-0.1, -0.05) is 0 Å². The summed E-state index contributed by atoms with van der Waals surface area (Å²) >= 11 is 0. The van der Waals surface area contributed by atoms with Crippen molar-refractivity contribution in [2.24, 2.45) is 0 Å². The molecule has 0 spiro atoms. The van der Waals surface area contributed by atoms with Gasteiger partial charge >= 0.3 is 6.18 Å². The van der Waals surface area contributed by atoms with Crippen molar-refractivity contribution in [1.29, 1.82) is 0 Å². The average Bonchev–Trinajstić information content (AvgIpc) is 2.67. The molecule has 6 nitrogen and oxygen atoms in total. The van der Waals surface area contributed by atoms with Crippen LogP contribution in [0.4, 0.5) is 24.8 Å². The molecule has 1 fully saturated rings. The monoisotopic (exact) mass is 310 g/mol. The van der Waals surface area contributed by atoms with Crippen molar-refractivity contribution in [2.45, 2.75) is 18.6 Å². The predicted molar refractivity (Wildman–Crippen MR) is 67.3 cm³/mol. The van der Waals surface area contributed by atoms with Crippen LogP contribution < -0.4 is 10.6 Å². The molecule has 0 radical (unpaired) electrons. The van der Waals surface area contributed by atoms with Crippen LogP contribution in [0.5, 0.6) is 0 Å². The fourth-order valence-electron chi connectivity index (χ4n) is 1.89. The molecule has 1 atom stereocenters. The number of sulfone groups is 1. The summed E-state index contributed by atoms with van der Waals surface area (Å²) in [5, 5.41) is 5.23. The second-order valence-electron chi connectivity index (χ2n) is 4.45. The van der Waals surface area contributed by atoms with E-state index in [1.54, 1.807) is 0 Å². The van der Waals surface area contributed by atoms with Gasteiger partial charge in [-0.3, -0.25) is 0 Å². The van der Waals surface area contributed by atoms with E-state index < -0.39 is 27.9 Å². The molecule has 1 aromatic rings. The van der Waals surface area contributed by atoms with Crippen LogP contribution in [0, 0.1) is 0 Å². The first kappa shape index (κ1) is 14.8. The maximum atomic E-state index is 12.6. The zero-order valence-corrected chi connectivity index (χ0v) is 11.3. The van der Waals surface area contributed by atoms with Gasteiger partial charge in [0.25, 0.3) is 0 Å². The molecular weight excluding hydrogens is 297 g/mol. The van der Waals surface area contributed by atoms with Crippen molar-refractivity contribution in [3.05, 3.63) is 11.9 Å². The molecule has 0 bridgehead atoms. The Morgan fingerprint density at radius 1 is 1.30 bits per heavy atom. The molecule has 20 heavy (non-hydrogen) atoms. The first-order chi connectivity index (χ1) is 9.19. The lowest BCUT2D eigenvalue weighted by molar-refractivity contribution is -0.144. The van der Waals surface area contributed by atoms with Gasteiger partial charge in [-0.2, -0.15) is 13.2 Å². The molecule has 1 aromatic heterocycles. The summed E-state index contributed by atoms with van der Waals surface area (Å²) in [6.07, 6.45) is -4.31. The molecule has 0 amide bonds. The number of alkyl halides is 3. The third-order valence-electron chi connectivity index (χ3n) is 2.82. The number of aromatic nitrogens is 2. The maximum absolute atomic E-state index is 12.6. The Labute approximate surface area is 113 Å². The van der Waals surface area contributed by atoms with E-state index in [9.17, 15) is 21.6 Å². The van der Waals surface area contributed by atoms with Crippen LogP contribution in [0.3, 0.4) is 0 Å². The number of hydrogen-bond donors (Lipinski definition) is 2. The van der Waals surface area contributed by atoms with E-state index in [1.165, 1.54) is 13.1 Å². The zero-order chi connectivity index (χ0) is 15.0. The summed E-state index contributed by atoms with van der Waals surface area (Å²) in [6.45, 7) is 0. The van der Waals surface area contributed by atoms with Crippen LogP contribution in [0.15, 0.2) is 6.07 Å². The fraction of sp³-hybridized carbons (Fsp3) is 0.600. The van der Waals surface area contributed by atoms with Crippen LogP contribution in [-0.2, 0) is 16.0 Å². The van der Waals surface area contributed by atoms with E-state index in [2.05, 4.69) is 20.6 Å². The second kappa shape index (κ2) is 5.08.